The van der Waals surface area contributed by atoms with Crippen LogP contribution in [0.5, 0.6) is 5.75 Å². The number of nitrogens with one attached hydrogen (secondary N) is 1. The molecule has 0 radical (unpaired) electrons. The number of carbonyl (C=O) groups is 2. The molecule has 0 saturated carbocycles. The van der Waals surface area contributed by atoms with Crippen LogP contribution >= 0.6 is 0 Å². The third kappa shape index (κ3) is 12.0. The quantitative estimate of drug-likeness (QED) is 0.264. The molecule has 0 aliphatic carbocycles. The maximum Gasteiger partial charge on any atom is 0.411 e. The van der Waals surface area contributed by atoms with Gasteiger partial charge < -0.3 is 14.9 Å². The summed E-state index contributed by atoms with van der Waals surface area (Å²) in [7, 11) is 0. The summed E-state index contributed by atoms with van der Waals surface area (Å²) in [6.45, 7) is 2.60. The van der Waals surface area contributed by atoms with Gasteiger partial charge in [0.1, 0.15) is 11.3 Å². The number of unbranched alkanes of at least 4 members (excludes halogenated alkanes) is 12. The van der Waals surface area contributed by atoms with Gasteiger partial charge in [0.25, 0.3) is 0 Å². The second kappa shape index (κ2) is 15.7. The molecule has 1 aromatic carbocycles. The smallest absolute Gasteiger partial charge is 0.411 e. The molecule has 0 unspecified atom stereocenters. The lowest BCUT2D eigenvalue weighted by Gasteiger charge is -2.08. The monoisotopic (exact) mass is 407 g/mol. The number of ether oxygens (including phenoxy) is 1. The van der Waals surface area contributed by atoms with E-state index in [9.17, 15) is 14.7 Å². The first-order valence-corrected chi connectivity index (χ1v) is 11.0. The number of amides is 1. The molecule has 6 nitrogen and oxygen atoms in total. The average molecular weight is 408 g/mol. The normalized spacial score (nSPS) is 10.7. The minimum atomic E-state index is -1.22. The van der Waals surface area contributed by atoms with Crippen molar-refractivity contribution in [3.8, 4) is 5.75 Å². The molecule has 29 heavy (non-hydrogen) atoms. The number of aromatic carboxylic acids is 1. The van der Waals surface area contributed by atoms with Crippen molar-refractivity contribution < 1.29 is 24.5 Å². The second-order valence-corrected chi connectivity index (χ2v) is 7.54. The third-order valence-electron chi connectivity index (χ3n) is 4.96. The van der Waals surface area contributed by atoms with Crippen molar-refractivity contribution in [2.75, 3.05) is 11.9 Å². The zero-order valence-corrected chi connectivity index (χ0v) is 17.8. The maximum absolute atomic E-state index is 11.7. The van der Waals surface area contributed by atoms with Gasteiger partial charge in [-0.25, -0.2) is 9.59 Å². The van der Waals surface area contributed by atoms with Crippen molar-refractivity contribution in [3.63, 3.8) is 0 Å². The van der Waals surface area contributed by atoms with Gasteiger partial charge in [-0.05, 0) is 18.6 Å². The molecule has 0 heterocycles. The van der Waals surface area contributed by atoms with Crippen molar-refractivity contribution in [2.45, 2.75) is 90.4 Å². The number of benzene rings is 1. The summed E-state index contributed by atoms with van der Waals surface area (Å²) in [5.74, 6) is -1.62. The van der Waals surface area contributed by atoms with E-state index >= 15 is 0 Å². The van der Waals surface area contributed by atoms with Gasteiger partial charge in [-0.2, -0.15) is 0 Å². The van der Waals surface area contributed by atoms with Gasteiger partial charge in [0.05, 0.1) is 6.61 Å². The predicted octanol–water partition coefficient (Wildman–Crippen LogP) is 6.73. The number of rotatable bonds is 16. The molecule has 1 amide bonds. The summed E-state index contributed by atoms with van der Waals surface area (Å²) in [6.07, 6.45) is 15.8. The van der Waals surface area contributed by atoms with Gasteiger partial charge in [0.15, 0.2) is 0 Å². The average Bonchev–Trinajstić information content (AvgIpc) is 2.68. The number of carboxylic acids is 1. The van der Waals surface area contributed by atoms with Crippen molar-refractivity contribution >= 4 is 17.7 Å². The molecule has 0 atom stereocenters. The number of aromatic hydroxyl groups is 1. The van der Waals surface area contributed by atoms with E-state index in [2.05, 4.69) is 12.2 Å². The molecule has 0 aliphatic rings. The Bertz CT molecular complexity index is 603. The van der Waals surface area contributed by atoms with E-state index in [4.69, 9.17) is 9.84 Å². The van der Waals surface area contributed by atoms with Gasteiger partial charge in [-0.15, -0.1) is 0 Å². The van der Waals surface area contributed by atoms with Gasteiger partial charge >= 0.3 is 12.1 Å². The Labute approximate surface area is 174 Å². The summed E-state index contributed by atoms with van der Waals surface area (Å²) < 4.78 is 5.12. The summed E-state index contributed by atoms with van der Waals surface area (Å²) in [6, 6.07) is 3.84. The van der Waals surface area contributed by atoms with Crippen LogP contribution in [-0.2, 0) is 4.74 Å². The van der Waals surface area contributed by atoms with Crippen LogP contribution < -0.4 is 5.32 Å². The fraction of sp³-hybridized carbons (Fsp3) is 0.652. The van der Waals surface area contributed by atoms with Gasteiger partial charge in [-0.3, -0.25) is 5.32 Å². The number of hydrogen-bond acceptors (Lipinski definition) is 4. The Morgan fingerprint density at radius 2 is 1.38 bits per heavy atom. The van der Waals surface area contributed by atoms with E-state index in [0.29, 0.717) is 12.3 Å². The molecular weight excluding hydrogens is 370 g/mol. The van der Waals surface area contributed by atoms with Crippen LogP contribution in [0.4, 0.5) is 10.5 Å². The lowest BCUT2D eigenvalue weighted by atomic mass is 10.0. The van der Waals surface area contributed by atoms with E-state index in [-0.39, 0.29) is 5.56 Å². The molecule has 6 heteroatoms. The third-order valence-corrected chi connectivity index (χ3v) is 4.96. The highest BCUT2D eigenvalue weighted by molar-refractivity contribution is 5.92. The molecule has 0 spiro atoms. The maximum atomic E-state index is 11.7. The zero-order valence-electron chi connectivity index (χ0n) is 17.8. The Morgan fingerprint density at radius 1 is 0.862 bits per heavy atom. The Balaban J connectivity index is 1.96. The highest BCUT2D eigenvalue weighted by Crippen LogP contribution is 2.22. The molecule has 0 bridgehead atoms. The van der Waals surface area contributed by atoms with Crippen LogP contribution in [0.2, 0.25) is 0 Å². The molecule has 164 valence electrons. The van der Waals surface area contributed by atoms with Gasteiger partial charge in [0, 0.05) is 11.8 Å². The first-order chi connectivity index (χ1) is 14.0. The number of carbonyl (C=O) groups excluding carboxylic acids is 1. The zero-order chi connectivity index (χ0) is 21.3. The van der Waals surface area contributed by atoms with Crippen molar-refractivity contribution in [1.29, 1.82) is 0 Å². The summed E-state index contributed by atoms with van der Waals surface area (Å²) in [4.78, 5) is 22.6. The molecule has 3 N–H and O–H groups in total. The van der Waals surface area contributed by atoms with Gasteiger partial charge in [0.2, 0.25) is 0 Å². The number of hydrogen-bond donors (Lipinski definition) is 3. The van der Waals surface area contributed by atoms with Crippen LogP contribution in [0.25, 0.3) is 0 Å². The Hall–Kier alpha value is -2.24. The number of carboxylic acid groups (broad SMARTS) is 1. The topological polar surface area (TPSA) is 95.9 Å². The lowest BCUT2D eigenvalue weighted by Crippen LogP contribution is -2.14. The highest BCUT2D eigenvalue weighted by atomic mass is 16.5. The minimum absolute atomic E-state index is 0.212. The molecule has 0 fully saturated rings. The largest absolute Gasteiger partial charge is 0.507 e. The molecule has 0 aliphatic heterocycles. The number of anilines is 1. The van der Waals surface area contributed by atoms with E-state index in [1.807, 2.05) is 0 Å². The molecule has 1 rings (SSSR count). The minimum Gasteiger partial charge on any atom is -0.507 e. The second-order valence-electron chi connectivity index (χ2n) is 7.54. The summed E-state index contributed by atoms with van der Waals surface area (Å²) in [5.41, 5.74) is 0.0822. The van der Waals surface area contributed by atoms with Crippen LogP contribution in [-0.4, -0.2) is 28.9 Å². The van der Waals surface area contributed by atoms with Crippen LogP contribution in [0.15, 0.2) is 18.2 Å². The van der Waals surface area contributed by atoms with Crippen LogP contribution in [0, 0.1) is 0 Å². The van der Waals surface area contributed by atoms with Crippen molar-refractivity contribution in [3.05, 3.63) is 23.8 Å². The van der Waals surface area contributed by atoms with Gasteiger partial charge in [-0.1, -0.05) is 84.0 Å². The standard InChI is InChI=1S/C23H37NO5/c1-2-3-4-5-6-7-8-9-10-11-12-13-14-17-29-23(28)24-19-15-16-20(22(26)27)21(25)18-19/h15-16,18,25H,2-14,17H2,1H3,(H,24,28)(H,26,27). The highest BCUT2D eigenvalue weighted by Gasteiger charge is 2.11. The van der Waals surface area contributed by atoms with E-state index in [1.54, 1.807) is 0 Å². The van der Waals surface area contributed by atoms with Crippen molar-refractivity contribution in [1.82, 2.24) is 0 Å². The first-order valence-electron chi connectivity index (χ1n) is 11.0. The fourth-order valence-electron chi connectivity index (χ4n) is 3.23. The van der Waals surface area contributed by atoms with E-state index in [1.165, 1.54) is 82.4 Å². The summed E-state index contributed by atoms with van der Waals surface area (Å²) in [5, 5.41) is 21.0. The van der Waals surface area contributed by atoms with E-state index in [0.717, 1.165) is 19.3 Å². The molecule has 1 aromatic rings. The molecule has 0 saturated heterocycles. The fourth-order valence-corrected chi connectivity index (χ4v) is 3.23. The Morgan fingerprint density at radius 3 is 1.86 bits per heavy atom. The molecule has 0 aromatic heterocycles. The van der Waals surface area contributed by atoms with Crippen LogP contribution in [0.3, 0.4) is 0 Å². The Kier molecular flexibility index (Phi) is 13.4. The van der Waals surface area contributed by atoms with Crippen molar-refractivity contribution in [2.24, 2.45) is 0 Å². The van der Waals surface area contributed by atoms with E-state index < -0.39 is 17.8 Å². The summed E-state index contributed by atoms with van der Waals surface area (Å²) >= 11 is 0. The first kappa shape index (κ1) is 24.8. The molecular formula is C23H37NO5. The number of phenols is 1. The lowest BCUT2D eigenvalue weighted by molar-refractivity contribution is 0.0693. The van der Waals surface area contributed by atoms with Crippen LogP contribution in [0.1, 0.15) is 101 Å². The predicted molar refractivity (Wildman–Crippen MR) is 116 cm³/mol. The SMILES string of the molecule is CCCCCCCCCCCCCCCOC(=O)Nc1ccc(C(=O)O)c(O)c1.